The van der Waals surface area contributed by atoms with Crippen LogP contribution in [0.15, 0.2) is 47.4 Å². The van der Waals surface area contributed by atoms with E-state index in [0.29, 0.717) is 16.3 Å². The van der Waals surface area contributed by atoms with Crippen molar-refractivity contribution in [1.82, 2.24) is 4.72 Å². The van der Waals surface area contributed by atoms with Crippen molar-refractivity contribution in [3.63, 3.8) is 0 Å². The SMILES string of the molecule is N#Cc1ccc(NCCNS(=O)(=O)c2cccc([N+](=O)[O-])c2)cc1Cl. The molecule has 0 amide bonds. The van der Waals surface area contributed by atoms with E-state index < -0.39 is 14.9 Å². The van der Waals surface area contributed by atoms with Gasteiger partial charge in [-0.2, -0.15) is 5.26 Å². The monoisotopic (exact) mass is 380 g/mol. The first-order valence-corrected chi connectivity index (χ1v) is 8.87. The first-order valence-electron chi connectivity index (χ1n) is 7.01. The van der Waals surface area contributed by atoms with E-state index in [1.54, 1.807) is 18.2 Å². The Balaban J connectivity index is 1.95. The number of non-ortho nitro benzene ring substituents is 1. The molecule has 0 aliphatic heterocycles. The molecule has 0 saturated carbocycles. The van der Waals surface area contributed by atoms with Crippen LogP contribution in [0.25, 0.3) is 0 Å². The van der Waals surface area contributed by atoms with Crippen LogP contribution < -0.4 is 10.0 Å². The molecule has 0 unspecified atom stereocenters. The smallest absolute Gasteiger partial charge is 0.270 e. The molecule has 0 aliphatic carbocycles. The molecule has 130 valence electrons. The molecule has 2 N–H and O–H groups in total. The molecule has 2 rings (SSSR count). The number of nitro benzene ring substituents is 1. The second-order valence-corrected chi connectivity index (χ2v) is 7.06. The number of nitro groups is 1. The third-order valence-corrected chi connectivity index (χ3v) is 4.95. The van der Waals surface area contributed by atoms with Crippen LogP contribution in [0.3, 0.4) is 0 Å². The number of rotatable bonds is 7. The van der Waals surface area contributed by atoms with Crippen molar-refractivity contribution in [2.75, 3.05) is 18.4 Å². The number of nitrogens with zero attached hydrogens (tertiary/aromatic N) is 2. The normalized spacial score (nSPS) is 10.9. The Bertz CT molecular complexity index is 941. The number of benzene rings is 2. The van der Waals surface area contributed by atoms with Crippen LogP contribution in [0.2, 0.25) is 5.02 Å². The molecule has 0 aliphatic rings. The Hall–Kier alpha value is -2.67. The molecule has 0 saturated heterocycles. The minimum absolute atomic E-state index is 0.0582. The van der Waals surface area contributed by atoms with Gasteiger partial charge in [-0.3, -0.25) is 10.1 Å². The lowest BCUT2D eigenvalue weighted by molar-refractivity contribution is -0.385. The molecule has 0 heterocycles. The Labute approximate surface area is 149 Å². The van der Waals surface area contributed by atoms with E-state index >= 15 is 0 Å². The van der Waals surface area contributed by atoms with E-state index in [4.69, 9.17) is 16.9 Å². The zero-order valence-electron chi connectivity index (χ0n) is 12.8. The number of anilines is 1. The summed E-state index contributed by atoms with van der Waals surface area (Å²) in [5.74, 6) is 0. The van der Waals surface area contributed by atoms with Crippen molar-refractivity contribution in [3.05, 3.63) is 63.2 Å². The molecular weight excluding hydrogens is 368 g/mol. The second kappa shape index (κ2) is 7.94. The van der Waals surface area contributed by atoms with Crippen LogP contribution in [0, 0.1) is 21.4 Å². The molecule has 0 aromatic heterocycles. The fourth-order valence-electron chi connectivity index (χ4n) is 1.96. The standard InChI is InChI=1S/C15H13ClN4O4S/c16-15-8-12(5-4-11(15)10-17)18-6-7-19-25(23,24)14-3-1-2-13(9-14)20(21)22/h1-5,8-9,18-19H,6-7H2. The van der Waals surface area contributed by atoms with E-state index in [9.17, 15) is 18.5 Å². The Morgan fingerprint density at radius 1 is 1.20 bits per heavy atom. The molecule has 2 aromatic rings. The molecule has 2 aromatic carbocycles. The zero-order valence-corrected chi connectivity index (χ0v) is 14.3. The third-order valence-electron chi connectivity index (χ3n) is 3.17. The number of nitriles is 1. The van der Waals surface area contributed by atoms with Crippen LogP contribution in [0.5, 0.6) is 0 Å². The van der Waals surface area contributed by atoms with Crippen molar-refractivity contribution in [3.8, 4) is 6.07 Å². The summed E-state index contributed by atoms with van der Waals surface area (Å²) in [5, 5.41) is 22.8. The number of hydrogen-bond donors (Lipinski definition) is 2. The predicted octanol–water partition coefficient (Wildman–Crippen LogP) is 2.51. The van der Waals surface area contributed by atoms with Gasteiger partial charge in [0.15, 0.2) is 0 Å². The topological polar surface area (TPSA) is 125 Å². The summed E-state index contributed by atoms with van der Waals surface area (Å²) in [7, 11) is -3.85. The fourth-order valence-corrected chi connectivity index (χ4v) is 3.25. The minimum atomic E-state index is -3.85. The molecule has 25 heavy (non-hydrogen) atoms. The second-order valence-electron chi connectivity index (χ2n) is 4.89. The molecular formula is C15H13ClN4O4S. The van der Waals surface area contributed by atoms with Gasteiger partial charge < -0.3 is 5.32 Å². The molecule has 0 bridgehead atoms. The van der Waals surface area contributed by atoms with Gasteiger partial charge in [0.2, 0.25) is 10.0 Å². The zero-order chi connectivity index (χ0) is 18.4. The molecule has 0 spiro atoms. The lowest BCUT2D eigenvalue weighted by atomic mass is 10.2. The van der Waals surface area contributed by atoms with Gasteiger partial charge in [-0.05, 0) is 24.3 Å². The lowest BCUT2D eigenvalue weighted by Crippen LogP contribution is -2.29. The van der Waals surface area contributed by atoms with Crippen LogP contribution in [-0.2, 0) is 10.0 Å². The highest BCUT2D eigenvalue weighted by Crippen LogP contribution is 2.20. The Morgan fingerprint density at radius 2 is 1.96 bits per heavy atom. The Kier molecular flexibility index (Phi) is 5.93. The van der Waals surface area contributed by atoms with Gasteiger partial charge in [0, 0.05) is 30.9 Å². The van der Waals surface area contributed by atoms with E-state index in [1.165, 1.54) is 18.2 Å². The summed E-state index contributed by atoms with van der Waals surface area (Å²) < 4.78 is 26.6. The molecule has 0 radical (unpaired) electrons. The maximum absolute atomic E-state index is 12.1. The third kappa shape index (κ3) is 4.90. The highest BCUT2D eigenvalue weighted by Gasteiger charge is 2.16. The van der Waals surface area contributed by atoms with Crippen LogP contribution in [0.1, 0.15) is 5.56 Å². The highest BCUT2D eigenvalue weighted by atomic mass is 35.5. The van der Waals surface area contributed by atoms with E-state index in [1.807, 2.05) is 6.07 Å². The summed E-state index contributed by atoms with van der Waals surface area (Å²) in [6.07, 6.45) is 0. The average Bonchev–Trinajstić information content (AvgIpc) is 2.59. The average molecular weight is 381 g/mol. The maximum atomic E-state index is 12.1. The molecule has 10 heteroatoms. The quantitative estimate of drug-likeness (QED) is 0.432. The lowest BCUT2D eigenvalue weighted by Gasteiger charge is -2.09. The molecule has 0 fully saturated rings. The van der Waals surface area contributed by atoms with Crippen LogP contribution in [0.4, 0.5) is 11.4 Å². The Morgan fingerprint density at radius 3 is 2.60 bits per heavy atom. The first-order chi connectivity index (χ1) is 11.8. The minimum Gasteiger partial charge on any atom is -0.384 e. The van der Waals surface area contributed by atoms with Gasteiger partial charge in [-0.25, -0.2) is 13.1 Å². The first kappa shape index (κ1) is 18.7. The van der Waals surface area contributed by atoms with Gasteiger partial charge in [0.05, 0.1) is 20.4 Å². The largest absolute Gasteiger partial charge is 0.384 e. The molecule has 0 atom stereocenters. The van der Waals surface area contributed by atoms with E-state index in [-0.39, 0.29) is 23.7 Å². The van der Waals surface area contributed by atoms with Crippen molar-refractivity contribution in [1.29, 1.82) is 5.26 Å². The molecule has 8 nitrogen and oxygen atoms in total. The number of sulfonamides is 1. The summed E-state index contributed by atoms with van der Waals surface area (Å²) in [6.45, 7) is 0.318. The predicted molar refractivity (Wildman–Crippen MR) is 92.9 cm³/mol. The van der Waals surface area contributed by atoms with Crippen LogP contribution in [-0.4, -0.2) is 26.4 Å². The van der Waals surface area contributed by atoms with E-state index in [2.05, 4.69) is 10.0 Å². The maximum Gasteiger partial charge on any atom is 0.270 e. The van der Waals surface area contributed by atoms with Gasteiger partial charge in [0.25, 0.3) is 5.69 Å². The summed E-state index contributed by atoms with van der Waals surface area (Å²) in [4.78, 5) is 9.88. The van der Waals surface area contributed by atoms with Crippen molar-refractivity contribution < 1.29 is 13.3 Å². The number of nitrogens with one attached hydrogen (secondary N) is 2. The number of halogens is 1. The van der Waals surface area contributed by atoms with Crippen molar-refractivity contribution in [2.45, 2.75) is 4.90 Å². The summed E-state index contributed by atoms with van der Waals surface area (Å²) in [6, 6.07) is 11.5. The van der Waals surface area contributed by atoms with E-state index in [0.717, 1.165) is 6.07 Å². The van der Waals surface area contributed by atoms with Gasteiger partial charge in [0.1, 0.15) is 6.07 Å². The van der Waals surface area contributed by atoms with Gasteiger partial charge in [-0.15, -0.1) is 0 Å². The van der Waals surface area contributed by atoms with Crippen LogP contribution >= 0.6 is 11.6 Å². The summed E-state index contributed by atoms with van der Waals surface area (Å²) in [5.41, 5.74) is 0.686. The summed E-state index contributed by atoms with van der Waals surface area (Å²) >= 11 is 5.91. The number of hydrogen-bond acceptors (Lipinski definition) is 6. The highest BCUT2D eigenvalue weighted by molar-refractivity contribution is 7.89. The van der Waals surface area contributed by atoms with Gasteiger partial charge in [-0.1, -0.05) is 17.7 Å². The van der Waals surface area contributed by atoms with Crippen molar-refractivity contribution in [2.24, 2.45) is 0 Å². The van der Waals surface area contributed by atoms with Gasteiger partial charge >= 0.3 is 0 Å². The fraction of sp³-hybridized carbons (Fsp3) is 0.133. The van der Waals surface area contributed by atoms with Crippen molar-refractivity contribution >= 4 is 33.0 Å².